The van der Waals surface area contributed by atoms with Crippen LogP contribution in [0.4, 0.5) is 0 Å². The lowest BCUT2D eigenvalue weighted by molar-refractivity contribution is -0.141. The van der Waals surface area contributed by atoms with Gasteiger partial charge in [-0.1, -0.05) is 6.92 Å². The zero-order valence-electron chi connectivity index (χ0n) is 13.6. The van der Waals surface area contributed by atoms with Crippen molar-refractivity contribution >= 4 is 0 Å². The van der Waals surface area contributed by atoms with Crippen molar-refractivity contribution in [2.24, 2.45) is 0 Å². The zero-order chi connectivity index (χ0) is 15.3. The van der Waals surface area contributed by atoms with Crippen LogP contribution in [0.2, 0.25) is 0 Å². The number of rotatable bonds is 14. The third kappa shape index (κ3) is 7.54. The van der Waals surface area contributed by atoms with Crippen LogP contribution in [0.1, 0.15) is 19.8 Å². The lowest BCUT2D eigenvalue weighted by Gasteiger charge is -2.43. The summed E-state index contributed by atoms with van der Waals surface area (Å²) in [5.74, 6) is 0. The first-order chi connectivity index (χ1) is 10.3. The summed E-state index contributed by atoms with van der Waals surface area (Å²) < 4.78 is 26.9. The molecule has 1 aliphatic carbocycles. The third-order valence-corrected chi connectivity index (χ3v) is 3.54. The van der Waals surface area contributed by atoms with E-state index in [2.05, 4.69) is 12.2 Å². The predicted octanol–water partition coefficient (Wildman–Crippen LogP) is 0.838. The highest BCUT2D eigenvalue weighted by Crippen LogP contribution is 2.26. The number of hydrogen-bond acceptors (Lipinski definition) is 6. The van der Waals surface area contributed by atoms with Crippen LogP contribution in [0.3, 0.4) is 0 Å². The number of nitrogens with one attached hydrogen (secondary N) is 1. The number of methoxy groups -OCH3 is 2. The second-order valence-electron chi connectivity index (χ2n) is 5.12. The average molecular weight is 305 g/mol. The standard InChI is InChI=1S/C15H31NO5/c1-4-5-16-13-12-14(15(13)18-3)21-11-10-20-9-8-19-7-6-17-2/h13-16H,4-12H2,1-3H3. The van der Waals surface area contributed by atoms with Gasteiger partial charge in [0.15, 0.2) is 0 Å². The van der Waals surface area contributed by atoms with Crippen LogP contribution in [0.5, 0.6) is 0 Å². The first-order valence-electron chi connectivity index (χ1n) is 7.85. The van der Waals surface area contributed by atoms with E-state index in [0.29, 0.717) is 45.7 Å². The van der Waals surface area contributed by atoms with Gasteiger partial charge in [-0.05, 0) is 19.4 Å². The molecule has 0 aromatic rings. The van der Waals surface area contributed by atoms with E-state index < -0.39 is 0 Å². The molecular weight excluding hydrogens is 274 g/mol. The molecule has 0 aliphatic heterocycles. The monoisotopic (exact) mass is 305 g/mol. The maximum Gasteiger partial charge on any atom is 0.0986 e. The lowest BCUT2D eigenvalue weighted by Crippen LogP contribution is -2.60. The summed E-state index contributed by atoms with van der Waals surface area (Å²) in [6.45, 7) is 6.80. The van der Waals surface area contributed by atoms with Gasteiger partial charge in [0, 0.05) is 20.3 Å². The molecule has 1 saturated carbocycles. The van der Waals surface area contributed by atoms with Crippen LogP contribution in [-0.4, -0.2) is 78.7 Å². The van der Waals surface area contributed by atoms with Crippen molar-refractivity contribution in [2.75, 3.05) is 60.4 Å². The molecule has 0 heterocycles. The zero-order valence-corrected chi connectivity index (χ0v) is 13.6. The van der Waals surface area contributed by atoms with E-state index in [9.17, 15) is 0 Å². The maximum absolute atomic E-state index is 5.79. The van der Waals surface area contributed by atoms with Gasteiger partial charge in [0.25, 0.3) is 0 Å². The Kier molecular flexibility index (Phi) is 11.0. The van der Waals surface area contributed by atoms with E-state index in [-0.39, 0.29) is 12.2 Å². The summed E-state index contributed by atoms with van der Waals surface area (Å²) in [5.41, 5.74) is 0. The summed E-state index contributed by atoms with van der Waals surface area (Å²) in [6, 6.07) is 0.426. The van der Waals surface area contributed by atoms with Crippen molar-refractivity contribution in [1.82, 2.24) is 5.32 Å². The van der Waals surface area contributed by atoms with Crippen LogP contribution < -0.4 is 5.32 Å². The van der Waals surface area contributed by atoms with Gasteiger partial charge in [-0.15, -0.1) is 0 Å². The summed E-state index contributed by atoms with van der Waals surface area (Å²) in [5, 5.41) is 3.47. The quantitative estimate of drug-likeness (QED) is 0.480. The summed E-state index contributed by atoms with van der Waals surface area (Å²) in [7, 11) is 3.40. The SMILES string of the molecule is CCCNC1CC(OCCOCCOCCOC)C1OC. The van der Waals surface area contributed by atoms with E-state index in [1.165, 1.54) is 0 Å². The van der Waals surface area contributed by atoms with Gasteiger partial charge in [0.05, 0.1) is 51.8 Å². The van der Waals surface area contributed by atoms with E-state index in [0.717, 1.165) is 19.4 Å². The van der Waals surface area contributed by atoms with Gasteiger partial charge in [-0.25, -0.2) is 0 Å². The van der Waals surface area contributed by atoms with Gasteiger partial charge in [-0.2, -0.15) is 0 Å². The van der Waals surface area contributed by atoms with E-state index in [1.54, 1.807) is 14.2 Å². The van der Waals surface area contributed by atoms with Crippen LogP contribution in [-0.2, 0) is 23.7 Å². The Bertz CT molecular complexity index is 242. The molecule has 0 spiro atoms. The smallest absolute Gasteiger partial charge is 0.0986 e. The van der Waals surface area contributed by atoms with Gasteiger partial charge in [0.2, 0.25) is 0 Å². The van der Waals surface area contributed by atoms with Crippen molar-refractivity contribution in [2.45, 2.75) is 38.0 Å². The molecule has 0 amide bonds. The summed E-state index contributed by atoms with van der Waals surface area (Å²) >= 11 is 0. The highest BCUT2D eigenvalue weighted by atomic mass is 16.6. The van der Waals surface area contributed by atoms with E-state index >= 15 is 0 Å². The van der Waals surface area contributed by atoms with Gasteiger partial charge in [0.1, 0.15) is 0 Å². The number of hydrogen-bond donors (Lipinski definition) is 1. The fraction of sp³-hybridized carbons (Fsp3) is 1.00. The Morgan fingerprint density at radius 2 is 1.62 bits per heavy atom. The minimum absolute atomic E-state index is 0.161. The molecule has 0 saturated heterocycles. The molecule has 21 heavy (non-hydrogen) atoms. The molecular formula is C15H31NO5. The normalized spacial score (nSPS) is 25.0. The molecule has 0 aromatic carbocycles. The summed E-state index contributed by atoms with van der Waals surface area (Å²) in [4.78, 5) is 0. The van der Waals surface area contributed by atoms with E-state index in [1.807, 2.05) is 0 Å². The Labute approximate surface area is 128 Å². The van der Waals surface area contributed by atoms with Gasteiger partial charge >= 0.3 is 0 Å². The second-order valence-corrected chi connectivity index (χ2v) is 5.12. The molecule has 1 aliphatic rings. The fourth-order valence-corrected chi connectivity index (χ4v) is 2.31. The first kappa shape index (κ1) is 18.8. The molecule has 0 aromatic heterocycles. The Balaban J connectivity index is 1.91. The molecule has 3 atom stereocenters. The molecule has 6 heteroatoms. The predicted molar refractivity (Wildman–Crippen MR) is 80.7 cm³/mol. The first-order valence-corrected chi connectivity index (χ1v) is 7.85. The fourth-order valence-electron chi connectivity index (χ4n) is 2.31. The van der Waals surface area contributed by atoms with Crippen molar-refractivity contribution < 1.29 is 23.7 Å². The van der Waals surface area contributed by atoms with Crippen LogP contribution >= 0.6 is 0 Å². The largest absolute Gasteiger partial charge is 0.382 e. The third-order valence-electron chi connectivity index (χ3n) is 3.54. The van der Waals surface area contributed by atoms with Crippen LogP contribution in [0, 0.1) is 0 Å². The molecule has 0 radical (unpaired) electrons. The number of ether oxygens (including phenoxy) is 5. The van der Waals surface area contributed by atoms with E-state index in [4.69, 9.17) is 23.7 Å². The molecule has 3 unspecified atom stereocenters. The topological polar surface area (TPSA) is 58.2 Å². The second kappa shape index (κ2) is 12.3. The van der Waals surface area contributed by atoms with Gasteiger partial charge < -0.3 is 29.0 Å². The van der Waals surface area contributed by atoms with Gasteiger partial charge in [-0.3, -0.25) is 0 Å². The Hall–Kier alpha value is -0.240. The molecule has 126 valence electrons. The molecule has 6 nitrogen and oxygen atoms in total. The van der Waals surface area contributed by atoms with Crippen molar-refractivity contribution in [3.8, 4) is 0 Å². The minimum Gasteiger partial charge on any atom is -0.382 e. The molecule has 1 rings (SSSR count). The van der Waals surface area contributed by atoms with Crippen LogP contribution in [0.25, 0.3) is 0 Å². The highest BCUT2D eigenvalue weighted by molar-refractivity contribution is 4.96. The Morgan fingerprint density at radius 1 is 0.952 bits per heavy atom. The van der Waals surface area contributed by atoms with Crippen molar-refractivity contribution in [1.29, 1.82) is 0 Å². The maximum atomic E-state index is 5.79. The molecule has 0 bridgehead atoms. The Morgan fingerprint density at radius 3 is 2.24 bits per heavy atom. The van der Waals surface area contributed by atoms with Crippen molar-refractivity contribution in [3.63, 3.8) is 0 Å². The average Bonchev–Trinajstić information content (AvgIpc) is 2.47. The minimum atomic E-state index is 0.161. The highest BCUT2D eigenvalue weighted by Gasteiger charge is 2.41. The lowest BCUT2D eigenvalue weighted by atomic mass is 9.85. The summed E-state index contributed by atoms with van der Waals surface area (Å²) in [6.07, 6.45) is 2.50. The molecule has 1 fully saturated rings. The molecule has 1 N–H and O–H groups in total. The van der Waals surface area contributed by atoms with Crippen LogP contribution in [0.15, 0.2) is 0 Å². The van der Waals surface area contributed by atoms with Crippen molar-refractivity contribution in [3.05, 3.63) is 0 Å².